The third-order valence-corrected chi connectivity index (χ3v) is 17.4. The van der Waals surface area contributed by atoms with Gasteiger partial charge in [-0.15, -0.1) is 0 Å². The number of hydrogen-bond acceptors (Lipinski definition) is 25. The van der Waals surface area contributed by atoms with Crippen molar-refractivity contribution in [1.82, 2.24) is 89.3 Å². The fraction of sp³-hybridized carbons (Fsp3) is 0.672. The number of aliphatic hydroxyl groups is 2. The van der Waals surface area contributed by atoms with Gasteiger partial charge in [0.25, 0.3) is 0 Å². The molecule has 1 fully saturated rings. The average Bonchev–Trinajstić information content (AvgIpc) is 1.53. The zero-order valence-corrected chi connectivity index (χ0v) is 64.7. The van der Waals surface area contributed by atoms with Crippen LogP contribution in [-0.4, -0.2) is 279 Å². The first kappa shape index (κ1) is 97.4. The molecule has 0 bridgehead atoms. The smallest absolute Gasteiger partial charge is 0.328 e. The van der Waals surface area contributed by atoms with Gasteiger partial charge in [-0.1, -0.05) is 41.5 Å². The molecule has 1 aliphatic heterocycles. The van der Waals surface area contributed by atoms with Crippen LogP contribution in [0.25, 0.3) is 0 Å². The van der Waals surface area contributed by atoms with Gasteiger partial charge in [0, 0.05) is 25.6 Å². The summed E-state index contributed by atoms with van der Waals surface area (Å²) in [6, 6.07) is -18.1. The van der Waals surface area contributed by atoms with Gasteiger partial charge < -0.3 is 128 Å². The molecule has 112 heavy (non-hydrogen) atoms. The minimum atomic E-state index is -1.82. The molecular weight excluding hydrogens is 1500 g/mol. The Hall–Kier alpha value is -10.7. The van der Waals surface area contributed by atoms with E-state index in [2.05, 4.69) is 79.1 Å². The number of carboxylic acids is 1. The Kier molecular flexibility index (Phi) is 44.3. The number of unbranched alkanes of at least 4 members (excludes halogenated alkanes) is 1. The van der Waals surface area contributed by atoms with Crippen LogP contribution in [0.2, 0.25) is 0 Å². The molecule has 2 heterocycles. The molecule has 0 spiro atoms. The highest BCUT2D eigenvalue weighted by atomic mass is 32.2. The molecule has 44 nitrogen and oxygen atoms in total. The summed E-state index contributed by atoms with van der Waals surface area (Å²) in [5, 5.41) is 60.8. The molecule has 0 aromatic carbocycles. The third-order valence-electron chi connectivity index (χ3n) is 16.8. The van der Waals surface area contributed by atoms with E-state index >= 15 is 0 Å². The normalized spacial score (nSPS) is 15.4. The Labute approximate surface area is 650 Å². The van der Waals surface area contributed by atoms with Crippen molar-refractivity contribution in [2.45, 2.75) is 204 Å². The van der Waals surface area contributed by atoms with Gasteiger partial charge in [0.1, 0.15) is 72.5 Å². The summed E-state index contributed by atoms with van der Waals surface area (Å²) < 4.78 is 0. The Morgan fingerprint density at radius 2 is 0.929 bits per heavy atom. The number of hydrogen-bond donors (Lipinski definition) is 23. The molecule has 28 N–H and O–H groups in total. The highest BCUT2D eigenvalue weighted by Crippen LogP contribution is 2.21. The molecule has 0 saturated carbocycles. The van der Waals surface area contributed by atoms with Gasteiger partial charge >= 0.3 is 5.97 Å². The van der Waals surface area contributed by atoms with Crippen LogP contribution in [0.5, 0.6) is 0 Å². The largest absolute Gasteiger partial charge is 0.480 e. The lowest BCUT2D eigenvalue weighted by Gasteiger charge is -2.31. The summed E-state index contributed by atoms with van der Waals surface area (Å²) in [7, 11) is 0. The maximum absolute atomic E-state index is 14.6. The second-order valence-corrected chi connectivity index (χ2v) is 28.8. The summed E-state index contributed by atoms with van der Waals surface area (Å²) in [6.45, 7) is 5.79. The lowest BCUT2D eigenvalue weighted by Crippen LogP contribution is -2.61. The van der Waals surface area contributed by atoms with Crippen molar-refractivity contribution in [3.05, 3.63) is 18.2 Å². The van der Waals surface area contributed by atoms with Gasteiger partial charge in [-0.2, -0.15) is 11.8 Å². The van der Waals surface area contributed by atoms with E-state index in [0.29, 0.717) is 6.42 Å². The van der Waals surface area contributed by atoms with E-state index in [1.807, 2.05) is 5.32 Å². The van der Waals surface area contributed by atoms with Crippen LogP contribution in [0.15, 0.2) is 12.5 Å². The lowest BCUT2D eigenvalue weighted by atomic mass is 9.98. The summed E-state index contributed by atoms with van der Waals surface area (Å²) >= 11 is 1.29. The van der Waals surface area contributed by atoms with Gasteiger partial charge in [0.05, 0.1) is 64.3 Å². The Bertz CT molecular complexity index is 3400. The fourth-order valence-electron chi connectivity index (χ4n) is 11.1. The summed E-state index contributed by atoms with van der Waals surface area (Å²) in [6.07, 6.45) is 2.06. The van der Waals surface area contributed by atoms with E-state index in [9.17, 15) is 96.2 Å². The van der Waals surface area contributed by atoms with Gasteiger partial charge in [-0.05, 0) is 101 Å². The predicted octanol–water partition coefficient (Wildman–Crippen LogP) is -10.3. The summed E-state index contributed by atoms with van der Waals surface area (Å²) in [5.74, 6) is -19.6. The topological polar surface area (TPSA) is 715 Å². The van der Waals surface area contributed by atoms with Crippen molar-refractivity contribution in [2.24, 2.45) is 46.4 Å². The number of carboxylic acid groups (broad SMARTS) is 1. The van der Waals surface area contributed by atoms with Crippen molar-refractivity contribution in [3.63, 3.8) is 0 Å². The summed E-state index contributed by atoms with van der Waals surface area (Å²) in [4.78, 5) is 261. The predicted molar refractivity (Wildman–Crippen MR) is 398 cm³/mol. The minimum Gasteiger partial charge on any atom is -0.480 e. The number of H-pyrrole nitrogens is 1. The number of nitrogens with one attached hydrogen (secondary N) is 15. The Balaban J connectivity index is 2.40. The average molecular weight is 1610 g/mol. The maximum atomic E-state index is 14.6. The number of nitrogens with zero attached hydrogens (tertiary/aromatic N) is 2. The molecule has 1 aliphatic rings. The SMILES string of the molecule is CSCC[C@H](NC(=O)[C@H](CCCCN)NC(=O)[C@H](CC(N)=O)NC(=O)[C@H](CC(C)C)NC(=O)[C@H](CC(C)C)NC(=O)[C@H](CC(C)C)NC(=O)[C@H](CCC(N)=O)NC(=O)[C@H](Cc1c[nH]cn1)NC(=O)CNC(=O)[C@@H](N)CO)C(=O)N1CCC[C@H]1C(=O)N[C@@H](CC(N)=O)C(=O)NCC(=O)NCC(=O)NCC(=O)N[C@@H](CO)C(=O)O. The van der Waals surface area contributed by atoms with E-state index in [1.165, 1.54) is 24.3 Å². The van der Waals surface area contributed by atoms with Crippen LogP contribution in [-0.2, 0) is 97.5 Å². The van der Waals surface area contributed by atoms with Crippen molar-refractivity contribution >= 4 is 124 Å². The van der Waals surface area contributed by atoms with E-state index in [-0.39, 0.29) is 100 Å². The molecule has 45 heteroatoms. The number of aromatic amines is 1. The van der Waals surface area contributed by atoms with E-state index < -0.39 is 250 Å². The number of carbonyl (C=O) groups is 19. The van der Waals surface area contributed by atoms with Gasteiger partial charge in [-0.3, -0.25) is 86.3 Å². The number of aliphatic hydroxyl groups excluding tert-OH is 2. The molecule has 0 unspecified atom stereocenters. The monoisotopic (exact) mass is 1610 g/mol. The second kappa shape index (κ2) is 51.0. The number of nitrogens with two attached hydrogens (primary N) is 5. The number of carbonyl (C=O) groups excluding carboxylic acids is 18. The quantitative estimate of drug-likeness (QED) is 0.0269. The standard InChI is InChI=1S/C67H112N22O22S/c1-33(2)19-41(84-59(102)39(13-14-49(70)92)82-63(106)44(22-36-25-73-32-78-36)79-55(98)29-76-56(99)37(69)30-90)60(103)85-42(20-34(3)4)61(104)86-43(21-35(5)6)62(105)87-46(24-51(72)94)64(107)81-38(11-8-9-16-68)58(101)83-40(15-18-112-7)66(109)89-17-10-12-48(89)65(108)88-45(23-50(71)93)57(100)77-27-53(96)74-26-52(95)75-28-54(97)80-47(31-91)67(110)111/h25,32-35,37-48,90-91H,8-24,26-31,68-69H2,1-7H3,(H2,70,92)(H2,71,93)(H2,72,94)(H,73,78)(H,74,96)(H,75,95)(H,76,99)(H,77,100)(H,79,98)(H,80,97)(H,81,107)(H,82,106)(H,83,101)(H,84,102)(H,85,103)(H,86,104)(H,87,105)(H,88,108)(H,110,111)/t37-,38-,39-,40-,41-,42-,43-,44-,45-,46-,47-,48-/m0/s1. The highest BCUT2D eigenvalue weighted by molar-refractivity contribution is 7.98. The number of amides is 18. The minimum absolute atomic E-state index is 0.0242. The van der Waals surface area contributed by atoms with E-state index in [4.69, 9.17) is 38.9 Å². The van der Waals surface area contributed by atoms with Crippen LogP contribution in [0, 0.1) is 17.8 Å². The number of primary amides is 3. The van der Waals surface area contributed by atoms with Crippen LogP contribution in [0.3, 0.4) is 0 Å². The number of likely N-dealkylation sites (tertiary alicyclic amines) is 1. The molecule has 1 aromatic heterocycles. The maximum Gasteiger partial charge on any atom is 0.328 e. The lowest BCUT2D eigenvalue weighted by molar-refractivity contribution is -0.143. The van der Waals surface area contributed by atoms with Crippen LogP contribution >= 0.6 is 11.8 Å². The molecule has 1 aromatic rings. The third kappa shape index (κ3) is 37.4. The Morgan fingerprint density at radius 1 is 0.500 bits per heavy atom. The highest BCUT2D eigenvalue weighted by Gasteiger charge is 2.41. The zero-order chi connectivity index (χ0) is 84.5. The number of aromatic nitrogens is 2. The van der Waals surface area contributed by atoms with Crippen molar-refractivity contribution in [1.29, 1.82) is 0 Å². The van der Waals surface area contributed by atoms with E-state index in [0.717, 1.165) is 4.90 Å². The molecule has 0 radical (unpaired) electrons. The van der Waals surface area contributed by atoms with Gasteiger partial charge in [0.2, 0.25) is 106 Å². The summed E-state index contributed by atoms with van der Waals surface area (Å²) in [5.41, 5.74) is 28.1. The van der Waals surface area contributed by atoms with Crippen molar-refractivity contribution < 1.29 is 106 Å². The van der Waals surface area contributed by atoms with Gasteiger partial charge in [-0.25, -0.2) is 9.78 Å². The van der Waals surface area contributed by atoms with Crippen LogP contribution in [0.4, 0.5) is 0 Å². The number of rotatable bonds is 54. The first-order chi connectivity index (χ1) is 52.7. The first-order valence-electron chi connectivity index (χ1n) is 36.4. The fourth-order valence-corrected chi connectivity index (χ4v) is 11.5. The molecule has 1 saturated heterocycles. The number of thioether (sulfide) groups is 1. The zero-order valence-electron chi connectivity index (χ0n) is 63.9. The molecule has 12 atom stereocenters. The van der Waals surface area contributed by atoms with Crippen molar-refractivity contribution in [3.8, 4) is 0 Å². The van der Waals surface area contributed by atoms with Crippen LogP contribution in [0.1, 0.15) is 131 Å². The van der Waals surface area contributed by atoms with Gasteiger partial charge in [0.15, 0.2) is 0 Å². The molecule has 2 rings (SSSR count). The van der Waals surface area contributed by atoms with E-state index in [1.54, 1.807) is 47.8 Å². The second-order valence-electron chi connectivity index (χ2n) is 27.8. The molecular formula is C67H112N22O22S. The van der Waals surface area contributed by atoms with Crippen molar-refractivity contribution in [2.75, 3.05) is 64.5 Å². The molecule has 628 valence electrons. The molecule has 0 aliphatic carbocycles. The number of imidazole rings is 1. The Morgan fingerprint density at radius 3 is 1.38 bits per heavy atom. The first-order valence-corrected chi connectivity index (χ1v) is 37.8. The molecule has 18 amide bonds. The number of aliphatic carboxylic acids is 1. The van der Waals surface area contributed by atoms with Crippen LogP contribution < -0.4 is 103 Å².